The van der Waals surface area contributed by atoms with Gasteiger partial charge in [0.05, 0.1) is 12.6 Å². The zero-order valence-corrected chi connectivity index (χ0v) is 7.66. The molecule has 0 saturated carbocycles. The van der Waals surface area contributed by atoms with Crippen LogP contribution in [-0.2, 0) is 4.74 Å². The Morgan fingerprint density at radius 3 is 3.15 bits per heavy atom. The highest BCUT2D eigenvalue weighted by Gasteiger charge is 2.15. The third-order valence-corrected chi connectivity index (χ3v) is 2.09. The molecule has 2 rings (SSSR count). The Hall–Kier alpha value is -1.16. The Morgan fingerprint density at radius 1 is 1.54 bits per heavy atom. The highest BCUT2D eigenvalue weighted by Crippen LogP contribution is 2.11. The smallest absolute Gasteiger partial charge is 0.129 e. The molecule has 0 amide bonds. The zero-order chi connectivity index (χ0) is 9.10. The molecule has 0 aromatic carbocycles. The van der Waals surface area contributed by atoms with Crippen molar-refractivity contribution in [3.05, 3.63) is 18.1 Å². The van der Waals surface area contributed by atoms with Gasteiger partial charge in [-0.1, -0.05) is 0 Å². The molecule has 13 heavy (non-hydrogen) atoms. The predicted molar refractivity (Wildman–Crippen MR) is 49.6 cm³/mol. The largest absolute Gasteiger partial charge is 0.379 e. The molecule has 4 nitrogen and oxygen atoms in total. The van der Waals surface area contributed by atoms with Crippen molar-refractivity contribution in [2.45, 2.75) is 19.4 Å². The standard InChI is InChI=1S/C9H13N3O/c1-7-4-9(11-6-10-7)12-8-2-3-13-5-8/h4,6,8H,2-3,5H2,1H3,(H,10,11,12)/t8-/m0/s1. The molecule has 1 saturated heterocycles. The first-order valence-electron chi connectivity index (χ1n) is 4.47. The van der Waals surface area contributed by atoms with Crippen LogP contribution >= 0.6 is 0 Å². The van der Waals surface area contributed by atoms with Gasteiger partial charge in [-0.3, -0.25) is 0 Å². The van der Waals surface area contributed by atoms with Crippen LogP contribution in [0.1, 0.15) is 12.1 Å². The average Bonchev–Trinajstić information content (AvgIpc) is 2.57. The van der Waals surface area contributed by atoms with Crippen LogP contribution in [0.4, 0.5) is 5.82 Å². The van der Waals surface area contributed by atoms with Crippen molar-refractivity contribution in [2.24, 2.45) is 0 Å². The monoisotopic (exact) mass is 179 g/mol. The minimum atomic E-state index is 0.411. The Kier molecular flexibility index (Phi) is 2.40. The van der Waals surface area contributed by atoms with Crippen LogP contribution in [0.15, 0.2) is 12.4 Å². The second-order valence-electron chi connectivity index (χ2n) is 3.25. The SMILES string of the molecule is Cc1cc(N[C@H]2CCOC2)ncn1. The maximum Gasteiger partial charge on any atom is 0.129 e. The molecule has 0 unspecified atom stereocenters. The third kappa shape index (κ3) is 2.15. The van der Waals surface area contributed by atoms with Crippen molar-refractivity contribution in [3.63, 3.8) is 0 Å². The fourth-order valence-corrected chi connectivity index (χ4v) is 1.39. The minimum Gasteiger partial charge on any atom is -0.379 e. The summed E-state index contributed by atoms with van der Waals surface area (Å²) in [7, 11) is 0. The highest BCUT2D eigenvalue weighted by molar-refractivity contribution is 5.35. The van der Waals surface area contributed by atoms with Crippen LogP contribution in [-0.4, -0.2) is 29.2 Å². The van der Waals surface area contributed by atoms with Gasteiger partial charge < -0.3 is 10.1 Å². The van der Waals surface area contributed by atoms with Crippen molar-refractivity contribution in [2.75, 3.05) is 18.5 Å². The fraction of sp³-hybridized carbons (Fsp3) is 0.556. The summed E-state index contributed by atoms with van der Waals surface area (Å²) in [4.78, 5) is 8.16. The first kappa shape index (κ1) is 8.44. The molecule has 1 aliphatic heterocycles. The quantitative estimate of drug-likeness (QED) is 0.735. The Labute approximate surface area is 77.4 Å². The molecule has 70 valence electrons. The first-order chi connectivity index (χ1) is 6.34. The van der Waals surface area contributed by atoms with Gasteiger partial charge in [-0.05, 0) is 13.3 Å². The molecule has 1 atom stereocenters. The summed E-state index contributed by atoms with van der Waals surface area (Å²) in [5.74, 6) is 0.892. The van der Waals surface area contributed by atoms with Gasteiger partial charge in [0.15, 0.2) is 0 Å². The second kappa shape index (κ2) is 3.70. The Morgan fingerprint density at radius 2 is 2.46 bits per heavy atom. The van der Waals surface area contributed by atoms with Gasteiger partial charge in [0, 0.05) is 18.4 Å². The van der Waals surface area contributed by atoms with E-state index >= 15 is 0 Å². The molecular weight excluding hydrogens is 166 g/mol. The lowest BCUT2D eigenvalue weighted by atomic mass is 10.2. The molecule has 1 N–H and O–H groups in total. The molecule has 0 bridgehead atoms. The van der Waals surface area contributed by atoms with E-state index in [1.54, 1.807) is 6.33 Å². The van der Waals surface area contributed by atoms with E-state index in [4.69, 9.17) is 4.74 Å². The van der Waals surface area contributed by atoms with Gasteiger partial charge in [-0.25, -0.2) is 9.97 Å². The van der Waals surface area contributed by atoms with E-state index in [1.165, 1.54) is 0 Å². The average molecular weight is 179 g/mol. The molecule has 1 aromatic rings. The maximum absolute atomic E-state index is 5.25. The summed E-state index contributed by atoms with van der Waals surface area (Å²) in [5.41, 5.74) is 0.983. The molecule has 1 fully saturated rings. The van der Waals surface area contributed by atoms with Crippen LogP contribution in [0.25, 0.3) is 0 Å². The zero-order valence-electron chi connectivity index (χ0n) is 7.66. The lowest BCUT2D eigenvalue weighted by molar-refractivity contribution is 0.195. The van der Waals surface area contributed by atoms with Gasteiger partial charge in [0.2, 0.25) is 0 Å². The Balaban J connectivity index is 2.00. The summed E-state index contributed by atoms with van der Waals surface area (Å²) in [6.45, 7) is 3.59. The van der Waals surface area contributed by atoms with Crippen molar-refractivity contribution >= 4 is 5.82 Å². The molecule has 4 heteroatoms. The first-order valence-corrected chi connectivity index (χ1v) is 4.47. The molecule has 0 radical (unpaired) electrons. The summed E-state index contributed by atoms with van der Waals surface area (Å²) in [6, 6.07) is 2.35. The normalized spacial score (nSPS) is 21.8. The lowest BCUT2D eigenvalue weighted by Crippen LogP contribution is -2.19. The van der Waals surface area contributed by atoms with Gasteiger partial charge in [0.1, 0.15) is 12.1 Å². The van der Waals surface area contributed by atoms with Gasteiger partial charge in [-0.2, -0.15) is 0 Å². The second-order valence-corrected chi connectivity index (χ2v) is 3.25. The van der Waals surface area contributed by atoms with Crippen molar-refractivity contribution < 1.29 is 4.74 Å². The van der Waals surface area contributed by atoms with Crippen molar-refractivity contribution in [1.29, 1.82) is 0 Å². The lowest BCUT2D eigenvalue weighted by Gasteiger charge is -2.10. The van der Waals surface area contributed by atoms with E-state index in [9.17, 15) is 0 Å². The third-order valence-electron chi connectivity index (χ3n) is 2.09. The minimum absolute atomic E-state index is 0.411. The van der Waals surface area contributed by atoms with Crippen molar-refractivity contribution in [1.82, 2.24) is 9.97 Å². The van der Waals surface area contributed by atoms with Gasteiger partial charge in [-0.15, -0.1) is 0 Å². The molecule has 0 aliphatic carbocycles. The van der Waals surface area contributed by atoms with Crippen LogP contribution in [0.5, 0.6) is 0 Å². The van der Waals surface area contributed by atoms with Crippen LogP contribution in [0, 0.1) is 6.92 Å². The molecular formula is C9H13N3O. The number of ether oxygens (including phenoxy) is 1. The van der Waals surface area contributed by atoms with E-state index < -0.39 is 0 Å². The molecule has 1 aliphatic rings. The summed E-state index contributed by atoms with van der Waals surface area (Å²) >= 11 is 0. The number of rotatable bonds is 2. The number of aryl methyl sites for hydroxylation is 1. The van der Waals surface area contributed by atoms with Crippen LogP contribution in [0.2, 0.25) is 0 Å². The number of hydrogen-bond acceptors (Lipinski definition) is 4. The number of aromatic nitrogens is 2. The van der Waals surface area contributed by atoms with Crippen LogP contribution < -0.4 is 5.32 Å². The maximum atomic E-state index is 5.25. The summed E-state index contributed by atoms with van der Waals surface area (Å²) in [6.07, 6.45) is 2.64. The van der Waals surface area contributed by atoms with Crippen LogP contribution in [0.3, 0.4) is 0 Å². The van der Waals surface area contributed by atoms with E-state index in [-0.39, 0.29) is 0 Å². The topological polar surface area (TPSA) is 47.0 Å². The van der Waals surface area contributed by atoms with E-state index in [2.05, 4.69) is 15.3 Å². The molecule has 2 heterocycles. The predicted octanol–water partition coefficient (Wildman–Crippen LogP) is 0.986. The van der Waals surface area contributed by atoms with Gasteiger partial charge in [0.25, 0.3) is 0 Å². The molecule has 0 spiro atoms. The molecule has 1 aromatic heterocycles. The van der Waals surface area contributed by atoms with Gasteiger partial charge >= 0.3 is 0 Å². The van der Waals surface area contributed by atoms with E-state index in [1.807, 2.05) is 13.0 Å². The highest BCUT2D eigenvalue weighted by atomic mass is 16.5. The summed E-state index contributed by atoms with van der Waals surface area (Å²) in [5, 5.41) is 3.31. The number of anilines is 1. The fourth-order valence-electron chi connectivity index (χ4n) is 1.39. The Bertz CT molecular complexity index is 284. The van der Waals surface area contributed by atoms with Crippen molar-refractivity contribution in [3.8, 4) is 0 Å². The number of nitrogens with one attached hydrogen (secondary N) is 1. The number of nitrogens with zero attached hydrogens (tertiary/aromatic N) is 2. The number of hydrogen-bond donors (Lipinski definition) is 1. The summed E-state index contributed by atoms with van der Waals surface area (Å²) < 4.78 is 5.25. The van der Waals surface area contributed by atoms with E-state index in [0.717, 1.165) is 31.1 Å². The van der Waals surface area contributed by atoms with E-state index in [0.29, 0.717) is 6.04 Å².